The molecule has 0 fully saturated rings. The van der Waals surface area contributed by atoms with Crippen molar-refractivity contribution in [1.82, 2.24) is 15.3 Å². The van der Waals surface area contributed by atoms with Gasteiger partial charge in [0.05, 0.1) is 11.9 Å². The zero-order chi connectivity index (χ0) is 18.2. The number of carbonyl (C=O) groups is 1. The van der Waals surface area contributed by atoms with Crippen molar-refractivity contribution in [3.63, 3.8) is 0 Å². The Hall–Kier alpha value is -2.92. The fourth-order valence-electron chi connectivity index (χ4n) is 2.45. The van der Waals surface area contributed by atoms with Crippen LogP contribution in [0.1, 0.15) is 21.6 Å². The summed E-state index contributed by atoms with van der Waals surface area (Å²) in [7, 11) is 0. The van der Waals surface area contributed by atoms with Crippen molar-refractivity contribution in [3.05, 3.63) is 89.0 Å². The molecule has 0 unspecified atom stereocenters. The van der Waals surface area contributed by atoms with Gasteiger partial charge in [-0.25, -0.2) is 4.98 Å². The lowest BCUT2D eigenvalue weighted by molar-refractivity contribution is 0.0946. The monoisotopic (exact) mass is 366 g/mol. The molecule has 1 aromatic carbocycles. The van der Waals surface area contributed by atoms with Crippen molar-refractivity contribution >= 4 is 23.2 Å². The average molecular weight is 367 g/mol. The van der Waals surface area contributed by atoms with Crippen LogP contribution in [0.3, 0.4) is 0 Å². The molecule has 0 saturated carbocycles. The van der Waals surface area contributed by atoms with Gasteiger partial charge in [0.15, 0.2) is 0 Å². The van der Waals surface area contributed by atoms with Crippen molar-refractivity contribution in [3.8, 4) is 0 Å². The summed E-state index contributed by atoms with van der Waals surface area (Å²) >= 11 is 5.98. The molecule has 3 aromatic rings. The lowest BCUT2D eigenvalue weighted by Crippen LogP contribution is -2.23. The number of hydrogen-bond donors (Lipinski definition) is 2. The highest BCUT2D eigenvalue weighted by atomic mass is 35.5. The molecule has 3 rings (SSSR count). The number of nitrogens with one attached hydrogen (secondary N) is 2. The fourth-order valence-corrected chi connectivity index (χ4v) is 2.66. The van der Waals surface area contributed by atoms with Gasteiger partial charge in [0.2, 0.25) is 0 Å². The summed E-state index contributed by atoms with van der Waals surface area (Å²) in [4.78, 5) is 20.4. The number of benzene rings is 1. The summed E-state index contributed by atoms with van der Waals surface area (Å²) in [5.74, 6) is -0.209. The van der Waals surface area contributed by atoms with E-state index in [4.69, 9.17) is 11.6 Å². The van der Waals surface area contributed by atoms with Crippen molar-refractivity contribution in [1.29, 1.82) is 0 Å². The molecule has 26 heavy (non-hydrogen) atoms. The molecule has 0 saturated heterocycles. The Morgan fingerprint density at radius 1 is 1.04 bits per heavy atom. The molecule has 2 N–H and O–H groups in total. The van der Waals surface area contributed by atoms with E-state index >= 15 is 0 Å². The highest BCUT2D eigenvalue weighted by Gasteiger charge is 2.07. The molecule has 6 heteroatoms. The van der Waals surface area contributed by atoms with Crippen LogP contribution in [0, 0.1) is 0 Å². The van der Waals surface area contributed by atoms with E-state index < -0.39 is 0 Å². The smallest absolute Gasteiger partial charge is 0.270 e. The maximum atomic E-state index is 12.1. The molecule has 0 bridgehead atoms. The summed E-state index contributed by atoms with van der Waals surface area (Å²) in [5, 5.41) is 6.86. The first kappa shape index (κ1) is 17.9. The van der Waals surface area contributed by atoms with Crippen LogP contribution in [0.15, 0.2) is 67.1 Å². The van der Waals surface area contributed by atoms with E-state index in [2.05, 4.69) is 20.6 Å². The van der Waals surface area contributed by atoms with Crippen LogP contribution < -0.4 is 10.6 Å². The molecule has 132 valence electrons. The van der Waals surface area contributed by atoms with Gasteiger partial charge < -0.3 is 10.6 Å². The van der Waals surface area contributed by atoms with Crippen LogP contribution in [0.4, 0.5) is 5.69 Å². The van der Waals surface area contributed by atoms with E-state index in [1.54, 1.807) is 24.7 Å². The number of aromatic nitrogens is 2. The largest absolute Gasteiger partial charge is 0.383 e. The third-order valence-corrected chi connectivity index (χ3v) is 4.04. The Balaban J connectivity index is 1.47. The zero-order valence-corrected chi connectivity index (χ0v) is 14.9. The normalized spacial score (nSPS) is 10.3. The molecule has 0 aliphatic heterocycles. The van der Waals surface area contributed by atoms with Crippen LogP contribution in [0.25, 0.3) is 0 Å². The molecule has 0 atom stereocenters. The van der Waals surface area contributed by atoms with Crippen LogP contribution in [-0.2, 0) is 13.0 Å². The summed E-state index contributed by atoms with van der Waals surface area (Å²) in [6, 6.07) is 15.1. The maximum absolute atomic E-state index is 12.1. The second kappa shape index (κ2) is 8.97. The Bertz CT molecular complexity index is 853. The minimum Gasteiger partial charge on any atom is -0.383 e. The van der Waals surface area contributed by atoms with Gasteiger partial charge in [0, 0.05) is 30.5 Å². The first-order valence-corrected chi connectivity index (χ1v) is 8.70. The first-order valence-electron chi connectivity index (χ1n) is 8.32. The Morgan fingerprint density at radius 2 is 1.92 bits per heavy atom. The van der Waals surface area contributed by atoms with Crippen LogP contribution in [-0.4, -0.2) is 22.4 Å². The van der Waals surface area contributed by atoms with Gasteiger partial charge in [-0.2, -0.15) is 0 Å². The number of carbonyl (C=O) groups excluding carboxylic acids is 1. The minimum atomic E-state index is -0.209. The quantitative estimate of drug-likeness (QED) is 0.668. The Morgan fingerprint density at radius 3 is 2.65 bits per heavy atom. The topological polar surface area (TPSA) is 66.9 Å². The number of anilines is 1. The van der Waals surface area contributed by atoms with Gasteiger partial charge in [-0.15, -0.1) is 0 Å². The van der Waals surface area contributed by atoms with Gasteiger partial charge in [-0.1, -0.05) is 29.8 Å². The lowest BCUT2D eigenvalue weighted by atomic mass is 10.1. The van der Waals surface area contributed by atoms with E-state index in [0.717, 1.165) is 29.2 Å². The summed E-state index contributed by atoms with van der Waals surface area (Å²) < 4.78 is 0. The predicted octanol–water partition coefficient (Wildman–Crippen LogP) is 3.71. The van der Waals surface area contributed by atoms with Gasteiger partial charge in [-0.05, 0) is 47.9 Å². The highest BCUT2D eigenvalue weighted by molar-refractivity contribution is 6.30. The van der Waals surface area contributed by atoms with Crippen LogP contribution >= 0.6 is 11.6 Å². The second-order valence-corrected chi connectivity index (χ2v) is 6.22. The molecular formula is C20H19ClN4O. The van der Waals surface area contributed by atoms with E-state index in [1.807, 2.05) is 42.5 Å². The first-order chi connectivity index (χ1) is 12.7. The van der Waals surface area contributed by atoms with Crippen LogP contribution in [0.5, 0.6) is 0 Å². The average Bonchev–Trinajstić information content (AvgIpc) is 2.67. The standard InChI is InChI=1S/C20H19ClN4O/c21-17-5-1-3-15(11-17)8-10-23-18-6-7-19(24-14-18)20(26)25-13-16-4-2-9-22-12-16/h1-7,9,11-12,14,23H,8,10,13H2,(H,25,26). The van der Waals surface area contributed by atoms with Gasteiger partial charge in [0.1, 0.15) is 5.69 Å². The molecule has 0 aliphatic carbocycles. The molecule has 0 spiro atoms. The minimum absolute atomic E-state index is 0.209. The third-order valence-electron chi connectivity index (χ3n) is 3.80. The molecule has 0 radical (unpaired) electrons. The van der Waals surface area contributed by atoms with Gasteiger partial charge in [0.25, 0.3) is 5.91 Å². The molecule has 1 amide bonds. The number of hydrogen-bond acceptors (Lipinski definition) is 4. The van der Waals surface area contributed by atoms with E-state index in [-0.39, 0.29) is 5.91 Å². The van der Waals surface area contributed by atoms with E-state index in [0.29, 0.717) is 12.2 Å². The molecular weight excluding hydrogens is 348 g/mol. The Labute approximate surface area is 157 Å². The van der Waals surface area contributed by atoms with E-state index in [9.17, 15) is 4.79 Å². The van der Waals surface area contributed by atoms with Crippen molar-refractivity contribution < 1.29 is 4.79 Å². The summed E-state index contributed by atoms with van der Waals surface area (Å²) in [6.45, 7) is 1.18. The number of amides is 1. The molecule has 0 aliphatic rings. The van der Waals surface area contributed by atoms with Gasteiger partial charge in [-0.3, -0.25) is 9.78 Å². The van der Waals surface area contributed by atoms with Crippen molar-refractivity contribution in [2.45, 2.75) is 13.0 Å². The Kier molecular flexibility index (Phi) is 6.17. The maximum Gasteiger partial charge on any atom is 0.270 e. The highest BCUT2D eigenvalue weighted by Crippen LogP contribution is 2.12. The molecule has 2 heterocycles. The number of pyridine rings is 2. The fraction of sp³-hybridized carbons (Fsp3) is 0.150. The van der Waals surface area contributed by atoms with Gasteiger partial charge >= 0.3 is 0 Å². The number of halogens is 1. The third kappa shape index (κ3) is 5.29. The number of rotatable bonds is 7. The zero-order valence-electron chi connectivity index (χ0n) is 14.2. The predicted molar refractivity (Wildman–Crippen MR) is 103 cm³/mol. The SMILES string of the molecule is O=C(NCc1cccnc1)c1ccc(NCCc2cccc(Cl)c2)cn1. The van der Waals surface area contributed by atoms with Crippen molar-refractivity contribution in [2.75, 3.05) is 11.9 Å². The van der Waals surface area contributed by atoms with Crippen LogP contribution in [0.2, 0.25) is 5.02 Å². The van der Waals surface area contributed by atoms with E-state index in [1.165, 1.54) is 5.56 Å². The lowest BCUT2D eigenvalue weighted by Gasteiger charge is -2.08. The second-order valence-electron chi connectivity index (χ2n) is 5.78. The number of nitrogens with zero attached hydrogens (tertiary/aromatic N) is 2. The molecule has 5 nitrogen and oxygen atoms in total. The summed E-state index contributed by atoms with van der Waals surface area (Å²) in [6.07, 6.45) is 5.94. The summed E-state index contributed by atoms with van der Waals surface area (Å²) in [5.41, 5.74) is 3.37. The van der Waals surface area contributed by atoms with Crippen molar-refractivity contribution in [2.24, 2.45) is 0 Å². The molecule has 2 aromatic heterocycles.